The highest BCUT2D eigenvalue weighted by Gasteiger charge is 2.17. The van der Waals surface area contributed by atoms with Crippen LogP contribution in [0.15, 0.2) is 18.2 Å². The molecule has 0 heterocycles. The van der Waals surface area contributed by atoms with Crippen LogP contribution in [0.25, 0.3) is 0 Å². The molecule has 7 heteroatoms. The van der Waals surface area contributed by atoms with Crippen molar-refractivity contribution in [3.05, 3.63) is 39.4 Å². The molecule has 7 nitrogen and oxygen atoms in total. The highest BCUT2D eigenvalue weighted by Crippen LogP contribution is 2.20. The number of nitro groups is 1. The van der Waals surface area contributed by atoms with Crippen LogP contribution in [0.2, 0.25) is 0 Å². The minimum absolute atomic E-state index is 0.0798. The monoisotopic (exact) mass is 294 g/mol. The van der Waals surface area contributed by atoms with Gasteiger partial charge in [-0.15, -0.1) is 0 Å². The Bertz CT molecular complexity index is 556. The van der Waals surface area contributed by atoms with Gasteiger partial charge in [-0.2, -0.15) is 0 Å². The Kier molecular flexibility index (Phi) is 5.83. The van der Waals surface area contributed by atoms with E-state index in [0.717, 1.165) is 0 Å². The van der Waals surface area contributed by atoms with Gasteiger partial charge in [-0.3, -0.25) is 19.7 Å². The molecule has 0 bridgehead atoms. The third-order valence-corrected chi connectivity index (χ3v) is 3.10. The van der Waals surface area contributed by atoms with Gasteiger partial charge in [0.1, 0.15) is 0 Å². The molecular formula is C14H18N2O5. The second-order valence-corrected chi connectivity index (χ2v) is 4.66. The van der Waals surface area contributed by atoms with E-state index < -0.39 is 4.92 Å². The maximum Gasteiger partial charge on any atom is 0.305 e. The van der Waals surface area contributed by atoms with Crippen LogP contribution in [0, 0.1) is 17.0 Å². The standard InChI is InChI=1S/C14H18N2O5/c1-10-6-7-11(9-12(10)16(19)20)14(18)15(2)8-4-5-13(17)21-3/h6-7,9H,4-5,8H2,1-3H3. The number of aryl methyl sites for hydroxylation is 1. The average Bonchev–Trinajstić information content (AvgIpc) is 2.46. The average molecular weight is 294 g/mol. The number of amides is 1. The first-order chi connectivity index (χ1) is 9.86. The Hall–Kier alpha value is -2.44. The number of hydrogen-bond donors (Lipinski definition) is 0. The fourth-order valence-electron chi connectivity index (χ4n) is 1.82. The number of ether oxygens (including phenoxy) is 1. The molecule has 1 rings (SSSR count). The maximum absolute atomic E-state index is 12.2. The van der Waals surface area contributed by atoms with Gasteiger partial charge in [-0.1, -0.05) is 6.07 Å². The van der Waals surface area contributed by atoms with Gasteiger partial charge in [0, 0.05) is 37.2 Å². The van der Waals surface area contributed by atoms with E-state index in [1.165, 1.54) is 18.1 Å². The smallest absolute Gasteiger partial charge is 0.305 e. The van der Waals surface area contributed by atoms with Crippen molar-refractivity contribution >= 4 is 17.6 Å². The van der Waals surface area contributed by atoms with Gasteiger partial charge in [0.05, 0.1) is 12.0 Å². The van der Waals surface area contributed by atoms with E-state index in [9.17, 15) is 19.7 Å². The molecule has 114 valence electrons. The van der Waals surface area contributed by atoms with Crippen LogP contribution in [-0.4, -0.2) is 42.4 Å². The molecule has 0 aliphatic rings. The molecule has 1 amide bonds. The number of rotatable bonds is 6. The first-order valence-electron chi connectivity index (χ1n) is 6.44. The van der Waals surface area contributed by atoms with E-state index in [1.54, 1.807) is 26.1 Å². The van der Waals surface area contributed by atoms with E-state index in [-0.39, 0.29) is 29.5 Å². The van der Waals surface area contributed by atoms with Crippen LogP contribution in [0.1, 0.15) is 28.8 Å². The predicted octanol–water partition coefficient (Wildman–Crippen LogP) is 1.93. The minimum atomic E-state index is -0.511. The molecule has 0 N–H and O–H groups in total. The summed E-state index contributed by atoms with van der Waals surface area (Å²) in [5, 5.41) is 10.9. The number of methoxy groups -OCH3 is 1. The normalized spacial score (nSPS) is 10.0. The highest BCUT2D eigenvalue weighted by molar-refractivity contribution is 5.94. The quantitative estimate of drug-likeness (QED) is 0.454. The number of esters is 1. The van der Waals surface area contributed by atoms with Crippen LogP contribution in [0.3, 0.4) is 0 Å². The third-order valence-electron chi connectivity index (χ3n) is 3.10. The van der Waals surface area contributed by atoms with Crippen LogP contribution in [0.4, 0.5) is 5.69 Å². The first kappa shape index (κ1) is 16.6. The predicted molar refractivity (Wildman–Crippen MR) is 76.0 cm³/mol. The summed E-state index contributed by atoms with van der Waals surface area (Å²) in [5.74, 6) is -0.648. The lowest BCUT2D eigenvalue weighted by atomic mass is 10.1. The molecule has 0 atom stereocenters. The first-order valence-corrected chi connectivity index (χ1v) is 6.44. The molecule has 0 aliphatic carbocycles. The number of nitro benzene ring substituents is 1. The van der Waals surface area contributed by atoms with Gasteiger partial charge in [0.15, 0.2) is 0 Å². The van der Waals surface area contributed by atoms with Gasteiger partial charge < -0.3 is 9.64 Å². The highest BCUT2D eigenvalue weighted by atomic mass is 16.6. The van der Waals surface area contributed by atoms with Crippen molar-refractivity contribution < 1.29 is 19.2 Å². The van der Waals surface area contributed by atoms with Crippen molar-refractivity contribution in [2.24, 2.45) is 0 Å². The maximum atomic E-state index is 12.2. The van der Waals surface area contributed by atoms with Crippen molar-refractivity contribution in [1.82, 2.24) is 4.90 Å². The second-order valence-electron chi connectivity index (χ2n) is 4.66. The number of hydrogen-bond acceptors (Lipinski definition) is 5. The molecule has 0 unspecified atom stereocenters. The van der Waals surface area contributed by atoms with E-state index in [2.05, 4.69) is 4.74 Å². The lowest BCUT2D eigenvalue weighted by molar-refractivity contribution is -0.385. The minimum Gasteiger partial charge on any atom is -0.469 e. The van der Waals surface area contributed by atoms with E-state index in [0.29, 0.717) is 18.5 Å². The molecule has 0 radical (unpaired) electrons. The van der Waals surface area contributed by atoms with Gasteiger partial charge >= 0.3 is 5.97 Å². The Morgan fingerprint density at radius 3 is 2.62 bits per heavy atom. The summed E-state index contributed by atoms with van der Waals surface area (Å²) in [5.41, 5.74) is 0.682. The van der Waals surface area contributed by atoms with Gasteiger partial charge in [-0.05, 0) is 19.4 Å². The summed E-state index contributed by atoms with van der Waals surface area (Å²) >= 11 is 0. The zero-order valence-corrected chi connectivity index (χ0v) is 12.3. The Morgan fingerprint density at radius 2 is 2.05 bits per heavy atom. The van der Waals surface area contributed by atoms with Crippen LogP contribution in [-0.2, 0) is 9.53 Å². The molecule has 0 aliphatic heterocycles. The molecule has 21 heavy (non-hydrogen) atoms. The Morgan fingerprint density at radius 1 is 1.38 bits per heavy atom. The SMILES string of the molecule is COC(=O)CCCN(C)C(=O)c1ccc(C)c([N+](=O)[O-])c1. The van der Waals surface area contributed by atoms with Crippen LogP contribution >= 0.6 is 0 Å². The van der Waals surface area contributed by atoms with Crippen molar-refractivity contribution in [2.45, 2.75) is 19.8 Å². The fourth-order valence-corrected chi connectivity index (χ4v) is 1.82. The summed E-state index contributed by atoms with van der Waals surface area (Å²) in [7, 11) is 2.90. The van der Waals surface area contributed by atoms with Gasteiger partial charge in [-0.25, -0.2) is 0 Å². The number of nitrogens with zero attached hydrogens (tertiary/aromatic N) is 2. The Balaban J connectivity index is 2.72. The lowest BCUT2D eigenvalue weighted by Gasteiger charge is -2.17. The molecule has 0 aromatic heterocycles. The molecule has 1 aromatic rings. The van der Waals surface area contributed by atoms with Gasteiger partial charge in [0.25, 0.3) is 11.6 Å². The number of carbonyl (C=O) groups is 2. The lowest BCUT2D eigenvalue weighted by Crippen LogP contribution is -2.28. The Labute approximate surface area is 122 Å². The topological polar surface area (TPSA) is 89.8 Å². The molecule has 1 aromatic carbocycles. The van der Waals surface area contributed by atoms with Crippen molar-refractivity contribution in [1.29, 1.82) is 0 Å². The molecule has 0 saturated heterocycles. The number of benzene rings is 1. The van der Waals surface area contributed by atoms with E-state index in [1.807, 2.05) is 0 Å². The van der Waals surface area contributed by atoms with Crippen molar-refractivity contribution in [2.75, 3.05) is 20.7 Å². The summed E-state index contributed by atoms with van der Waals surface area (Å²) in [6.07, 6.45) is 0.699. The summed E-state index contributed by atoms with van der Waals surface area (Å²) in [4.78, 5) is 34.9. The summed E-state index contributed by atoms with van der Waals surface area (Å²) in [6.45, 7) is 1.99. The van der Waals surface area contributed by atoms with Crippen molar-refractivity contribution in [3.63, 3.8) is 0 Å². The van der Waals surface area contributed by atoms with E-state index in [4.69, 9.17) is 0 Å². The molecule has 0 saturated carbocycles. The zero-order chi connectivity index (χ0) is 16.0. The summed E-state index contributed by atoms with van der Waals surface area (Å²) in [6, 6.07) is 4.38. The van der Waals surface area contributed by atoms with Crippen LogP contribution in [0.5, 0.6) is 0 Å². The fraction of sp³-hybridized carbons (Fsp3) is 0.429. The second kappa shape index (κ2) is 7.37. The van der Waals surface area contributed by atoms with E-state index >= 15 is 0 Å². The zero-order valence-electron chi connectivity index (χ0n) is 12.3. The summed E-state index contributed by atoms with van der Waals surface area (Å²) < 4.78 is 4.52. The molecule has 0 spiro atoms. The van der Waals surface area contributed by atoms with Gasteiger partial charge in [0.2, 0.25) is 0 Å². The van der Waals surface area contributed by atoms with Crippen LogP contribution < -0.4 is 0 Å². The third kappa shape index (κ3) is 4.55. The number of carbonyl (C=O) groups excluding carboxylic acids is 2. The van der Waals surface area contributed by atoms with Crippen molar-refractivity contribution in [3.8, 4) is 0 Å². The molecular weight excluding hydrogens is 276 g/mol. The molecule has 0 fully saturated rings. The largest absolute Gasteiger partial charge is 0.469 e.